The summed E-state index contributed by atoms with van der Waals surface area (Å²) >= 11 is 0. The van der Waals surface area contributed by atoms with Crippen molar-refractivity contribution in [1.82, 2.24) is 15.2 Å². The third-order valence-corrected chi connectivity index (χ3v) is 9.66. The number of benzene rings is 1. The molecule has 2 aromatic rings. The second-order valence-corrected chi connectivity index (χ2v) is 12.3. The number of aromatic hydroxyl groups is 1. The van der Waals surface area contributed by atoms with E-state index >= 15 is 0 Å². The van der Waals surface area contributed by atoms with Gasteiger partial charge in [0.15, 0.2) is 0 Å². The number of H-pyrrole nitrogens is 1. The van der Waals surface area contributed by atoms with E-state index in [9.17, 15) is 19.8 Å². The molecule has 2 heterocycles. The molecule has 0 radical (unpaired) electrons. The van der Waals surface area contributed by atoms with Gasteiger partial charge in [-0.05, 0) is 74.0 Å². The van der Waals surface area contributed by atoms with Crippen LogP contribution in [-0.4, -0.2) is 58.3 Å². The maximum Gasteiger partial charge on any atom is 0.261 e. The number of hydrogen-bond donors (Lipinski definition) is 4. The van der Waals surface area contributed by atoms with Gasteiger partial charge in [0.1, 0.15) is 11.3 Å². The molecule has 6 rings (SSSR count). The number of fused-ring (bicyclic) bond motifs is 4. The molecule has 7 heteroatoms. The number of likely N-dealkylation sites (N-methyl/N-ethyl adjacent to an activating group) is 1. The van der Waals surface area contributed by atoms with Gasteiger partial charge in [0.25, 0.3) is 11.5 Å². The molecule has 3 aliphatic carbocycles. The van der Waals surface area contributed by atoms with E-state index in [0.717, 1.165) is 49.2 Å². The fourth-order valence-corrected chi connectivity index (χ4v) is 7.92. The topological polar surface area (TPSA) is 106 Å². The maximum absolute atomic E-state index is 13.1. The number of hydrogen-bond acceptors (Lipinski definition) is 5. The summed E-state index contributed by atoms with van der Waals surface area (Å²) in [6.45, 7) is 4.30. The second kappa shape index (κ2) is 8.18. The zero-order chi connectivity index (χ0) is 25.3. The van der Waals surface area contributed by atoms with E-state index in [4.69, 9.17) is 0 Å². The normalized spacial score (nSPS) is 29.1. The van der Waals surface area contributed by atoms with Gasteiger partial charge in [-0.1, -0.05) is 25.3 Å². The van der Waals surface area contributed by atoms with E-state index < -0.39 is 11.0 Å². The molecular weight excluding hydrogens is 454 g/mol. The van der Waals surface area contributed by atoms with Crippen LogP contribution in [0.2, 0.25) is 0 Å². The molecule has 1 aromatic carbocycles. The van der Waals surface area contributed by atoms with Crippen molar-refractivity contribution in [1.29, 1.82) is 0 Å². The molecule has 1 amide bonds. The minimum absolute atomic E-state index is 0.0570. The lowest BCUT2D eigenvalue weighted by Crippen LogP contribution is -2.60. The summed E-state index contributed by atoms with van der Waals surface area (Å²) < 4.78 is 0. The molecule has 4 aliphatic rings. The third kappa shape index (κ3) is 3.54. The number of likely N-dealkylation sites (tertiary alicyclic amines) is 1. The number of carbonyl (C=O) groups is 1. The number of phenols is 1. The Hall–Kier alpha value is -2.64. The highest BCUT2D eigenvalue weighted by Gasteiger charge is 2.63. The number of aromatic nitrogens is 1. The lowest BCUT2D eigenvalue weighted by molar-refractivity contribution is -0.0500. The molecule has 2 atom stereocenters. The lowest BCUT2D eigenvalue weighted by Gasteiger charge is -2.52. The minimum Gasteiger partial charge on any atom is -0.508 e. The molecule has 2 spiro atoms. The molecule has 2 fully saturated rings. The minimum atomic E-state index is -1.10. The molecule has 7 nitrogen and oxygen atoms in total. The van der Waals surface area contributed by atoms with Gasteiger partial charge in [-0.3, -0.25) is 9.59 Å². The van der Waals surface area contributed by atoms with Crippen molar-refractivity contribution in [2.24, 2.45) is 5.92 Å². The van der Waals surface area contributed by atoms with Crippen molar-refractivity contribution in [3.63, 3.8) is 0 Å². The van der Waals surface area contributed by atoms with E-state index in [1.54, 1.807) is 12.1 Å². The van der Waals surface area contributed by atoms with Crippen molar-refractivity contribution in [3.8, 4) is 5.75 Å². The Labute approximate surface area is 211 Å². The van der Waals surface area contributed by atoms with Crippen LogP contribution in [0, 0.1) is 5.92 Å². The number of pyridine rings is 1. The lowest BCUT2D eigenvalue weighted by atomic mass is 9.58. The molecule has 1 aromatic heterocycles. The first-order valence-corrected chi connectivity index (χ1v) is 13.4. The highest BCUT2D eigenvalue weighted by atomic mass is 16.3. The molecule has 0 bridgehead atoms. The summed E-state index contributed by atoms with van der Waals surface area (Å²) in [4.78, 5) is 31.3. The summed E-state index contributed by atoms with van der Waals surface area (Å²) in [6.07, 6.45) is 7.49. The molecular formula is C29H37N3O4. The van der Waals surface area contributed by atoms with Crippen LogP contribution in [0.1, 0.15) is 78.2 Å². The van der Waals surface area contributed by atoms with Crippen LogP contribution >= 0.6 is 0 Å². The molecule has 36 heavy (non-hydrogen) atoms. The maximum atomic E-state index is 13.1. The molecule has 4 N–H and O–H groups in total. The number of amides is 1. The SMILES string of the molecule is CN1CC2(C1)C[C@@]1(Cc3[nH]c(=O)c(C(=O)NCC4CCCCC4)cc3C[C@]1(C)O)c1cc(O)ccc12. The van der Waals surface area contributed by atoms with Crippen LogP contribution in [0.15, 0.2) is 29.1 Å². The first-order valence-electron chi connectivity index (χ1n) is 13.4. The summed E-state index contributed by atoms with van der Waals surface area (Å²) in [5, 5.41) is 25.4. The zero-order valence-corrected chi connectivity index (χ0v) is 21.3. The van der Waals surface area contributed by atoms with Gasteiger partial charge in [0.2, 0.25) is 0 Å². The largest absolute Gasteiger partial charge is 0.508 e. The van der Waals surface area contributed by atoms with E-state index in [0.29, 0.717) is 25.3 Å². The van der Waals surface area contributed by atoms with Gasteiger partial charge in [0, 0.05) is 49.0 Å². The van der Waals surface area contributed by atoms with Gasteiger partial charge in [0.05, 0.1) is 5.60 Å². The Balaban J connectivity index is 1.33. The highest BCUT2D eigenvalue weighted by Crippen LogP contribution is 2.61. The third-order valence-electron chi connectivity index (χ3n) is 9.66. The Morgan fingerprint density at radius 3 is 2.61 bits per heavy atom. The predicted octanol–water partition coefficient (Wildman–Crippen LogP) is 2.77. The molecule has 1 saturated carbocycles. The van der Waals surface area contributed by atoms with E-state index in [-0.39, 0.29) is 28.2 Å². The van der Waals surface area contributed by atoms with Gasteiger partial charge >= 0.3 is 0 Å². The molecule has 1 aliphatic heterocycles. The van der Waals surface area contributed by atoms with Crippen LogP contribution in [0.5, 0.6) is 5.75 Å². The quantitative estimate of drug-likeness (QED) is 0.529. The highest BCUT2D eigenvalue weighted by molar-refractivity contribution is 5.94. The number of aromatic amines is 1. The fraction of sp³-hybridized carbons (Fsp3) is 0.586. The van der Waals surface area contributed by atoms with E-state index in [1.165, 1.54) is 24.8 Å². The van der Waals surface area contributed by atoms with E-state index in [1.807, 2.05) is 19.1 Å². The summed E-state index contributed by atoms with van der Waals surface area (Å²) in [7, 11) is 2.10. The summed E-state index contributed by atoms with van der Waals surface area (Å²) in [5.74, 6) is 0.340. The summed E-state index contributed by atoms with van der Waals surface area (Å²) in [6, 6.07) is 7.26. The van der Waals surface area contributed by atoms with Crippen molar-refractivity contribution >= 4 is 5.91 Å². The standard InChI is InChI=1S/C29H37N3O4/c1-27(36)12-19-10-21(25(34)30-14-18-6-4-3-5-7-18)26(35)31-24(19)13-29(27)15-28(16-32(2)17-28)22-9-8-20(33)11-23(22)29/h8-11,18,33,36H,3-7,12-17H2,1-2H3,(H,30,34)(H,31,35)/t27-,29-/m0/s1. The van der Waals surface area contributed by atoms with Gasteiger partial charge in [-0.25, -0.2) is 0 Å². The van der Waals surface area contributed by atoms with Crippen molar-refractivity contribution in [3.05, 3.63) is 62.6 Å². The van der Waals surface area contributed by atoms with Crippen molar-refractivity contribution in [2.75, 3.05) is 26.7 Å². The number of nitrogens with one attached hydrogen (secondary N) is 2. The van der Waals surface area contributed by atoms with Gasteiger partial charge in [-0.2, -0.15) is 0 Å². The van der Waals surface area contributed by atoms with Crippen LogP contribution in [0.3, 0.4) is 0 Å². The van der Waals surface area contributed by atoms with Gasteiger partial charge < -0.3 is 25.4 Å². The van der Waals surface area contributed by atoms with Crippen LogP contribution in [0.4, 0.5) is 0 Å². The van der Waals surface area contributed by atoms with E-state index in [2.05, 4.69) is 22.2 Å². The smallest absolute Gasteiger partial charge is 0.261 e. The number of nitrogens with zero attached hydrogens (tertiary/aromatic N) is 1. The number of carbonyl (C=O) groups excluding carboxylic acids is 1. The monoisotopic (exact) mass is 491 g/mol. The first kappa shape index (κ1) is 23.7. The predicted molar refractivity (Wildman–Crippen MR) is 138 cm³/mol. The molecule has 192 valence electrons. The number of rotatable bonds is 3. The van der Waals surface area contributed by atoms with Crippen LogP contribution < -0.4 is 10.9 Å². The van der Waals surface area contributed by atoms with Gasteiger partial charge in [-0.15, -0.1) is 0 Å². The van der Waals surface area contributed by atoms with Crippen molar-refractivity contribution in [2.45, 2.75) is 74.7 Å². The van der Waals surface area contributed by atoms with Crippen molar-refractivity contribution < 1.29 is 15.0 Å². The second-order valence-electron chi connectivity index (χ2n) is 12.3. The Bertz CT molecular complexity index is 1270. The average molecular weight is 492 g/mol. The molecule has 0 unspecified atom stereocenters. The Morgan fingerprint density at radius 1 is 1.14 bits per heavy atom. The summed E-state index contributed by atoms with van der Waals surface area (Å²) in [5.41, 5.74) is 1.76. The average Bonchev–Trinajstić information content (AvgIpc) is 3.09. The first-order chi connectivity index (χ1) is 17.1. The van der Waals surface area contributed by atoms with Crippen LogP contribution in [-0.2, 0) is 23.7 Å². The zero-order valence-electron chi connectivity index (χ0n) is 21.3. The number of phenolic OH excluding ortho intramolecular Hbond substituents is 1. The Morgan fingerprint density at radius 2 is 1.89 bits per heavy atom. The number of aliphatic hydroxyl groups is 1. The Kier molecular flexibility index (Phi) is 5.40. The van der Waals surface area contributed by atoms with Crippen LogP contribution in [0.25, 0.3) is 0 Å². The fourth-order valence-electron chi connectivity index (χ4n) is 7.92. The molecule has 1 saturated heterocycles.